The average Bonchev–Trinajstić information content (AvgIpc) is 2.48. The molecule has 2 aromatic rings. The predicted molar refractivity (Wildman–Crippen MR) is 86.6 cm³/mol. The Labute approximate surface area is 138 Å². The van der Waals surface area contributed by atoms with Crippen LogP contribution in [0.4, 0.5) is 5.69 Å². The van der Waals surface area contributed by atoms with Crippen LogP contribution in [0.25, 0.3) is 11.1 Å². The Morgan fingerprint density at radius 2 is 1.83 bits per heavy atom. The number of anilines is 1. The molecular formula is C14H11ClN2O5S. The lowest BCUT2D eigenvalue weighted by Crippen LogP contribution is -2.11. The van der Waals surface area contributed by atoms with Crippen molar-refractivity contribution in [2.45, 2.75) is 6.04 Å². The monoisotopic (exact) mass is 354 g/mol. The smallest absolute Gasteiger partial charge is 0.292 e. The zero-order chi connectivity index (χ0) is 17.0. The van der Waals surface area contributed by atoms with Gasteiger partial charge in [-0.2, -0.15) is 0 Å². The number of nitrogens with zero attached hydrogens (tertiary/aromatic N) is 1. The zero-order valence-electron chi connectivity index (χ0n) is 11.5. The second-order valence-corrected chi connectivity index (χ2v) is 5.70. The molecule has 0 heterocycles. The summed E-state index contributed by atoms with van der Waals surface area (Å²) in [5, 5.41) is 11.1. The summed E-state index contributed by atoms with van der Waals surface area (Å²) in [6.07, 6.45) is 0.270. The number of carbonyl (C=O) groups is 1. The van der Waals surface area contributed by atoms with Gasteiger partial charge in [0, 0.05) is 21.7 Å². The van der Waals surface area contributed by atoms with E-state index in [1.165, 1.54) is 18.2 Å². The maximum atomic E-state index is 10.8. The van der Waals surface area contributed by atoms with Gasteiger partial charge in [-0.1, -0.05) is 41.9 Å². The second kappa shape index (κ2) is 7.21. The van der Waals surface area contributed by atoms with Gasteiger partial charge < -0.3 is 0 Å². The molecule has 23 heavy (non-hydrogen) atoms. The third kappa shape index (κ3) is 4.05. The standard InChI is InChI=1S/C14H11ClN2O5S/c15-13-7-11(16-23(21)22)5-6-12(13)9-1-3-10(4-2-9)14(8-18)17(19)20/h1-8,14,23H,(H,16,21,22). The third-order valence-electron chi connectivity index (χ3n) is 3.11. The molecule has 0 radical (unpaired) electrons. The first-order chi connectivity index (χ1) is 10.9. The Hall–Kier alpha value is -2.45. The highest BCUT2D eigenvalue weighted by Crippen LogP contribution is 2.31. The summed E-state index contributed by atoms with van der Waals surface area (Å²) < 4.78 is 23.5. The van der Waals surface area contributed by atoms with Gasteiger partial charge in [0.05, 0.1) is 5.02 Å². The van der Waals surface area contributed by atoms with Crippen LogP contribution in [0.2, 0.25) is 5.02 Å². The van der Waals surface area contributed by atoms with Crippen molar-refractivity contribution >= 4 is 34.5 Å². The molecule has 0 saturated carbocycles. The van der Waals surface area contributed by atoms with Gasteiger partial charge in [0.25, 0.3) is 6.04 Å². The van der Waals surface area contributed by atoms with Crippen LogP contribution in [0.15, 0.2) is 42.5 Å². The van der Waals surface area contributed by atoms with Crippen LogP contribution in [0, 0.1) is 10.1 Å². The van der Waals surface area contributed by atoms with E-state index in [9.17, 15) is 23.3 Å². The molecule has 0 aromatic heterocycles. The van der Waals surface area contributed by atoms with E-state index >= 15 is 0 Å². The van der Waals surface area contributed by atoms with Crippen molar-refractivity contribution in [2.75, 3.05) is 4.72 Å². The van der Waals surface area contributed by atoms with E-state index in [1.807, 2.05) is 0 Å². The molecular weight excluding hydrogens is 344 g/mol. The highest BCUT2D eigenvalue weighted by atomic mass is 35.5. The molecule has 9 heteroatoms. The zero-order valence-corrected chi connectivity index (χ0v) is 13.2. The summed E-state index contributed by atoms with van der Waals surface area (Å²) in [6, 6.07) is 9.41. The van der Waals surface area contributed by atoms with Gasteiger partial charge in [-0.15, -0.1) is 0 Å². The SMILES string of the molecule is O=CC(c1ccc(-c2ccc(N[SH](=O)=O)cc2Cl)cc1)[N+](=O)[O-]. The number of benzene rings is 2. The molecule has 0 amide bonds. The van der Waals surface area contributed by atoms with Gasteiger partial charge >= 0.3 is 0 Å². The molecule has 2 rings (SSSR count). The van der Waals surface area contributed by atoms with Crippen LogP contribution in [0.5, 0.6) is 0 Å². The minimum absolute atomic E-state index is 0.270. The number of hydrogen-bond acceptors (Lipinski definition) is 5. The first-order valence-corrected chi connectivity index (χ1v) is 7.87. The molecule has 1 atom stereocenters. The number of halogens is 1. The Kier molecular flexibility index (Phi) is 5.30. The van der Waals surface area contributed by atoms with Crippen molar-refractivity contribution in [3.05, 3.63) is 63.2 Å². The van der Waals surface area contributed by atoms with Gasteiger partial charge in [0.2, 0.25) is 10.9 Å². The summed E-state index contributed by atoms with van der Waals surface area (Å²) >= 11 is 6.13. The first-order valence-electron chi connectivity index (χ1n) is 6.32. The van der Waals surface area contributed by atoms with Crippen LogP contribution in [0.3, 0.4) is 0 Å². The van der Waals surface area contributed by atoms with Crippen LogP contribution in [-0.2, 0) is 15.7 Å². The van der Waals surface area contributed by atoms with Gasteiger partial charge in [-0.05, 0) is 17.7 Å². The highest BCUT2D eigenvalue weighted by molar-refractivity contribution is 7.73. The summed E-state index contributed by atoms with van der Waals surface area (Å²) in [6.45, 7) is 0. The van der Waals surface area contributed by atoms with Gasteiger partial charge in [0.15, 0.2) is 6.29 Å². The number of carbonyl (C=O) groups excluding carboxylic acids is 1. The van der Waals surface area contributed by atoms with Gasteiger partial charge in [-0.3, -0.25) is 19.6 Å². The van der Waals surface area contributed by atoms with Crippen LogP contribution in [-0.4, -0.2) is 19.6 Å². The molecule has 2 aromatic carbocycles. The summed E-state index contributed by atoms with van der Waals surface area (Å²) in [5.41, 5.74) is 1.92. The molecule has 0 spiro atoms. The number of rotatable bonds is 6. The maximum Gasteiger partial charge on any atom is 0.292 e. The molecule has 0 aliphatic carbocycles. The number of thiol groups is 1. The lowest BCUT2D eigenvalue weighted by Gasteiger charge is -2.08. The fourth-order valence-corrected chi connectivity index (χ4v) is 2.67. The number of aldehydes is 1. The topological polar surface area (TPSA) is 106 Å². The Balaban J connectivity index is 2.32. The third-order valence-corrected chi connectivity index (χ3v) is 3.86. The number of nitro groups is 1. The van der Waals surface area contributed by atoms with Gasteiger partial charge in [0.1, 0.15) is 0 Å². The molecule has 0 aliphatic heterocycles. The fourth-order valence-electron chi connectivity index (χ4n) is 2.03. The molecule has 1 unspecified atom stereocenters. The van der Waals surface area contributed by atoms with Crippen LogP contribution in [0.1, 0.15) is 11.6 Å². The van der Waals surface area contributed by atoms with Crippen molar-refractivity contribution in [1.29, 1.82) is 0 Å². The second-order valence-electron chi connectivity index (χ2n) is 4.55. The van der Waals surface area contributed by atoms with E-state index in [4.69, 9.17) is 11.6 Å². The lowest BCUT2D eigenvalue weighted by atomic mass is 10.0. The minimum atomic E-state index is -2.78. The van der Waals surface area contributed by atoms with Crippen LogP contribution >= 0.6 is 11.6 Å². The minimum Gasteiger partial charge on any atom is -0.295 e. The average molecular weight is 355 g/mol. The van der Waals surface area contributed by atoms with Crippen LogP contribution < -0.4 is 4.72 Å². The number of nitrogens with one attached hydrogen (secondary N) is 1. The number of hydrogen-bond donors (Lipinski definition) is 2. The van der Waals surface area contributed by atoms with Crippen molar-refractivity contribution in [3.63, 3.8) is 0 Å². The lowest BCUT2D eigenvalue weighted by molar-refractivity contribution is -0.511. The first kappa shape index (κ1) is 16.9. The fraction of sp³-hybridized carbons (Fsp3) is 0.0714. The molecule has 1 N–H and O–H groups in total. The molecule has 0 saturated heterocycles. The summed E-state index contributed by atoms with van der Waals surface area (Å²) in [5.74, 6) is 0. The largest absolute Gasteiger partial charge is 0.295 e. The van der Waals surface area contributed by atoms with Crippen molar-refractivity contribution in [2.24, 2.45) is 0 Å². The van der Waals surface area contributed by atoms with Gasteiger partial charge in [-0.25, -0.2) is 8.42 Å². The van der Waals surface area contributed by atoms with E-state index in [2.05, 4.69) is 4.72 Å². The van der Waals surface area contributed by atoms with E-state index in [0.717, 1.165) is 0 Å². The van der Waals surface area contributed by atoms with E-state index in [0.29, 0.717) is 21.8 Å². The van der Waals surface area contributed by atoms with Crippen molar-refractivity contribution in [1.82, 2.24) is 0 Å². The maximum absolute atomic E-state index is 10.8. The Morgan fingerprint density at radius 1 is 1.17 bits per heavy atom. The summed E-state index contributed by atoms with van der Waals surface area (Å²) in [7, 11) is -2.78. The Bertz CT molecular complexity index is 812. The Morgan fingerprint density at radius 3 is 2.30 bits per heavy atom. The predicted octanol–water partition coefficient (Wildman–Crippen LogP) is 2.46. The molecule has 0 aliphatic rings. The highest BCUT2D eigenvalue weighted by Gasteiger charge is 2.21. The molecule has 0 bridgehead atoms. The van der Waals surface area contributed by atoms with E-state index in [1.54, 1.807) is 24.3 Å². The molecule has 7 nitrogen and oxygen atoms in total. The normalized spacial score (nSPS) is 11.9. The molecule has 0 fully saturated rings. The molecule has 120 valence electrons. The summed E-state index contributed by atoms with van der Waals surface area (Å²) in [4.78, 5) is 20.9. The quantitative estimate of drug-likeness (QED) is 0.358. The van der Waals surface area contributed by atoms with E-state index < -0.39 is 21.9 Å². The van der Waals surface area contributed by atoms with Crippen molar-refractivity contribution in [3.8, 4) is 11.1 Å². The van der Waals surface area contributed by atoms with Crippen molar-refractivity contribution < 1.29 is 18.1 Å². The van der Waals surface area contributed by atoms with E-state index in [-0.39, 0.29) is 11.8 Å².